The van der Waals surface area contributed by atoms with Crippen LogP contribution in [0, 0.1) is 0 Å². The molecule has 142 valence electrons. The fourth-order valence-electron chi connectivity index (χ4n) is 2.64. The molecule has 1 aliphatic heterocycles. The van der Waals surface area contributed by atoms with Crippen molar-refractivity contribution in [1.82, 2.24) is 9.97 Å². The number of fused-ring (bicyclic) bond motifs is 1. The molecule has 3 rings (SSSR count). The number of alkyl halides is 3. The Kier molecular flexibility index (Phi) is 4.82. The average molecular weight is 397 g/mol. The van der Waals surface area contributed by atoms with Crippen molar-refractivity contribution in [2.24, 2.45) is 15.7 Å². The van der Waals surface area contributed by atoms with Crippen LogP contribution in [0.3, 0.4) is 0 Å². The molecule has 0 radical (unpaired) electrons. The van der Waals surface area contributed by atoms with Crippen molar-refractivity contribution >= 4 is 45.5 Å². The zero-order valence-corrected chi connectivity index (χ0v) is 15.0. The number of aromatic nitrogens is 2. The van der Waals surface area contributed by atoms with Crippen LogP contribution in [0.25, 0.3) is 10.9 Å². The molecule has 2 atom stereocenters. The molecule has 27 heavy (non-hydrogen) atoms. The second-order valence-corrected chi connectivity index (χ2v) is 6.26. The van der Waals surface area contributed by atoms with Crippen molar-refractivity contribution in [1.29, 1.82) is 0 Å². The molecule has 0 bridgehead atoms. The zero-order valence-electron chi connectivity index (χ0n) is 14.2. The standard InChI is InChI=1S/C16H14F3N5O2S/c1-6(14-23-12(16(17,18)19)11(27)13(20)24-14)9-3-7-8(15(25)26-2)4-21-10(7)5-22-9/h3-6,13,21H,20H2,1-2H3. The number of nitrogens with two attached hydrogens (primary N) is 1. The Morgan fingerprint density at radius 1 is 1.44 bits per heavy atom. The van der Waals surface area contributed by atoms with Gasteiger partial charge >= 0.3 is 12.1 Å². The van der Waals surface area contributed by atoms with E-state index in [1.54, 1.807) is 13.0 Å². The quantitative estimate of drug-likeness (QED) is 0.612. The summed E-state index contributed by atoms with van der Waals surface area (Å²) >= 11 is 4.71. The van der Waals surface area contributed by atoms with Crippen molar-refractivity contribution in [2.45, 2.75) is 25.2 Å². The summed E-state index contributed by atoms with van der Waals surface area (Å²) in [5, 5.41) is 0.523. The summed E-state index contributed by atoms with van der Waals surface area (Å²) in [7, 11) is 1.25. The minimum Gasteiger partial charge on any atom is -0.465 e. The summed E-state index contributed by atoms with van der Waals surface area (Å²) < 4.78 is 44.2. The van der Waals surface area contributed by atoms with Gasteiger partial charge in [0.25, 0.3) is 0 Å². The van der Waals surface area contributed by atoms with Crippen LogP contribution in [-0.2, 0) is 4.74 Å². The predicted molar refractivity (Wildman–Crippen MR) is 97.3 cm³/mol. The molecule has 0 saturated heterocycles. The predicted octanol–water partition coefficient (Wildman–Crippen LogP) is 2.52. The van der Waals surface area contributed by atoms with Gasteiger partial charge in [-0.2, -0.15) is 13.2 Å². The van der Waals surface area contributed by atoms with Gasteiger partial charge < -0.3 is 15.5 Å². The Hall–Kier alpha value is -2.66. The van der Waals surface area contributed by atoms with Gasteiger partial charge in [-0.05, 0) is 13.0 Å². The van der Waals surface area contributed by atoms with Crippen molar-refractivity contribution in [3.63, 3.8) is 0 Å². The van der Waals surface area contributed by atoms with Crippen molar-refractivity contribution in [2.75, 3.05) is 7.11 Å². The molecule has 0 fully saturated rings. The molecular formula is C16H14F3N5O2S. The molecule has 3 heterocycles. The van der Waals surface area contributed by atoms with E-state index < -0.39 is 34.8 Å². The van der Waals surface area contributed by atoms with E-state index in [0.29, 0.717) is 16.6 Å². The van der Waals surface area contributed by atoms with Gasteiger partial charge in [0.15, 0.2) is 5.71 Å². The highest BCUT2D eigenvalue weighted by Gasteiger charge is 2.42. The lowest BCUT2D eigenvalue weighted by atomic mass is 10.0. The minimum absolute atomic E-state index is 0.134. The van der Waals surface area contributed by atoms with Crippen LogP contribution >= 0.6 is 12.2 Å². The fraction of sp³-hybridized carbons (Fsp3) is 0.312. The summed E-state index contributed by atoms with van der Waals surface area (Å²) in [6, 6.07) is 1.58. The lowest BCUT2D eigenvalue weighted by Gasteiger charge is -2.22. The van der Waals surface area contributed by atoms with Crippen molar-refractivity contribution in [3.05, 3.63) is 29.7 Å². The number of rotatable bonds is 3. The molecule has 2 aromatic heterocycles. The monoisotopic (exact) mass is 397 g/mol. The van der Waals surface area contributed by atoms with Gasteiger partial charge in [-0.3, -0.25) is 4.98 Å². The van der Waals surface area contributed by atoms with Crippen molar-refractivity contribution in [3.8, 4) is 0 Å². The van der Waals surface area contributed by atoms with Crippen LogP contribution < -0.4 is 5.73 Å². The summed E-state index contributed by atoms with van der Waals surface area (Å²) in [5.41, 5.74) is 5.64. The first-order chi connectivity index (χ1) is 12.6. The molecule has 0 aromatic carbocycles. The first-order valence-corrected chi connectivity index (χ1v) is 8.13. The van der Waals surface area contributed by atoms with Crippen LogP contribution in [0.15, 0.2) is 28.4 Å². The maximum atomic E-state index is 13.2. The fourth-order valence-corrected chi connectivity index (χ4v) is 2.85. The number of hydrogen-bond acceptors (Lipinski definition) is 7. The summed E-state index contributed by atoms with van der Waals surface area (Å²) in [5.74, 6) is -1.39. The smallest absolute Gasteiger partial charge is 0.434 e. The van der Waals surface area contributed by atoms with Gasteiger partial charge in [-0.1, -0.05) is 12.2 Å². The third-order valence-electron chi connectivity index (χ3n) is 4.09. The van der Waals surface area contributed by atoms with Crippen LogP contribution in [-0.4, -0.2) is 51.8 Å². The highest BCUT2D eigenvalue weighted by atomic mass is 32.1. The number of nitrogens with one attached hydrogen (secondary N) is 1. The number of halogens is 3. The van der Waals surface area contributed by atoms with E-state index >= 15 is 0 Å². The highest BCUT2D eigenvalue weighted by Crippen LogP contribution is 2.27. The van der Waals surface area contributed by atoms with E-state index in [2.05, 4.69) is 20.0 Å². The number of pyridine rings is 1. The lowest BCUT2D eigenvalue weighted by Crippen LogP contribution is -2.44. The molecule has 11 heteroatoms. The third kappa shape index (κ3) is 3.47. The average Bonchev–Trinajstić information content (AvgIpc) is 3.04. The largest absolute Gasteiger partial charge is 0.465 e. The van der Waals surface area contributed by atoms with Crippen LogP contribution in [0.2, 0.25) is 0 Å². The lowest BCUT2D eigenvalue weighted by molar-refractivity contribution is -0.0566. The molecule has 7 nitrogen and oxygen atoms in total. The normalized spacial score (nSPS) is 18.9. The van der Waals surface area contributed by atoms with Gasteiger partial charge in [0.1, 0.15) is 12.0 Å². The molecule has 1 aliphatic rings. The SMILES string of the molecule is COC(=O)c1c[nH]c2cnc(C(C)C3=NC(N)C(=S)C(C(F)(F)F)=N3)cc12. The topological polar surface area (TPSA) is 106 Å². The van der Waals surface area contributed by atoms with E-state index in [1.807, 2.05) is 0 Å². The first kappa shape index (κ1) is 19.1. The molecule has 0 aliphatic carbocycles. The van der Waals surface area contributed by atoms with Gasteiger partial charge in [0, 0.05) is 11.6 Å². The molecule has 3 N–H and O–H groups in total. The maximum absolute atomic E-state index is 13.2. The zero-order chi connectivity index (χ0) is 19.9. The van der Waals surface area contributed by atoms with E-state index in [0.717, 1.165) is 0 Å². The molecule has 2 aromatic rings. The van der Waals surface area contributed by atoms with E-state index in [1.165, 1.54) is 19.5 Å². The summed E-state index contributed by atoms with van der Waals surface area (Å²) in [4.78, 5) is 25.9. The summed E-state index contributed by atoms with van der Waals surface area (Å²) in [6.07, 6.45) is -3.10. The second-order valence-electron chi connectivity index (χ2n) is 5.82. The number of hydrogen-bond donors (Lipinski definition) is 2. The number of aromatic amines is 1. The summed E-state index contributed by atoms with van der Waals surface area (Å²) in [6.45, 7) is 1.59. The van der Waals surface area contributed by atoms with E-state index in [-0.39, 0.29) is 11.4 Å². The van der Waals surface area contributed by atoms with Gasteiger partial charge in [0.2, 0.25) is 0 Å². The number of carbonyl (C=O) groups is 1. The molecule has 2 unspecified atom stereocenters. The number of H-pyrrole nitrogens is 1. The first-order valence-electron chi connectivity index (χ1n) is 7.72. The number of esters is 1. The van der Waals surface area contributed by atoms with Crippen LogP contribution in [0.4, 0.5) is 13.2 Å². The minimum atomic E-state index is -4.73. The Bertz CT molecular complexity index is 996. The van der Waals surface area contributed by atoms with Gasteiger partial charge in [-0.15, -0.1) is 0 Å². The number of aliphatic imine (C=N–C) groups is 2. The van der Waals surface area contributed by atoms with Gasteiger partial charge in [0.05, 0.1) is 40.9 Å². The Labute approximate surface area is 156 Å². The molecule has 0 spiro atoms. The van der Waals surface area contributed by atoms with Crippen molar-refractivity contribution < 1.29 is 22.7 Å². The Morgan fingerprint density at radius 2 is 2.15 bits per heavy atom. The Morgan fingerprint density at radius 3 is 2.78 bits per heavy atom. The van der Waals surface area contributed by atoms with Crippen LogP contribution in [0.1, 0.15) is 28.9 Å². The Balaban J connectivity index is 2.04. The number of ether oxygens (including phenoxy) is 1. The van der Waals surface area contributed by atoms with E-state index in [9.17, 15) is 18.0 Å². The third-order valence-corrected chi connectivity index (χ3v) is 4.53. The number of thiocarbonyl (C=S) groups is 1. The number of methoxy groups -OCH3 is 1. The maximum Gasteiger partial charge on any atom is 0.434 e. The number of amidine groups is 1. The molecular weight excluding hydrogens is 383 g/mol. The van der Waals surface area contributed by atoms with Gasteiger partial charge in [-0.25, -0.2) is 14.8 Å². The van der Waals surface area contributed by atoms with Crippen LogP contribution in [0.5, 0.6) is 0 Å². The second kappa shape index (κ2) is 6.82. The van der Waals surface area contributed by atoms with E-state index in [4.69, 9.17) is 22.7 Å². The highest BCUT2D eigenvalue weighted by molar-refractivity contribution is 7.82. The molecule has 0 amide bonds. The molecule has 0 saturated carbocycles. The number of nitrogens with zero attached hydrogens (tertiary/aromatic N) is 3. The number of carbonyl (C=O) groups excluding carboxylic acids is 1.